The van der Waals surface area contributed by atoms with Crippen molar-refractivity contribution >= 4 is 6.09 Å². The van der Waals surface area contributed by atoms with Crippen LogP contribution in [0.5, 0.6) is 0 Å². The smallest absolute Gasteiger partial charge is 0.410 e. The highest BCUT2D eigenvalue weighted by molar-refractivity contribution is 5.67. The van der Waals surface area contributed by atoms with Gasteiger partial charge in [-0.15, -0.1) is 0 Å². The first-order valence-electron chi connectivity index (χ1n) is 9.07. The van der Waals surface area contributed by atoms with Crippen molar-refractivity contribution in [2.75, 3.05) is 13.1 Å². The van der Waals surface area contributed by atoms with Gasteiger partial charge in [-0.05, 0) is 44.1 Å². The van der Waals surface area contributed by atoms with Crippen LogP contribution in [0.3, 0.4) is 0 Å². The summed E-state index contributed by atoms with van der Waals surface area (Å²) in [6.45, 7) is 1.76. The second kappa shape index (κ2) is 8.49. The number of benzene rings is 1. The molecule has 5 heteroatoms. The van der Waals surface area contributed by atoms with E-state index < -0.39 is 0 Å². The Morgan fingerprint density at radius 1 is 1.00 bits per heavy atom. The van der Waals surface area contributed by atoms with Gasteiger partial charge < -0.3 is 20.1 Å². The molecule has 132 valence electrons. The molecule has 1 saturated heterocycles. The summed E-state index contributed by atoms with van der Waals surface area (Å²) in [5.41, 5.74) is 6.95. The second-order valence-electron chi connectivity index (χ2n) is 6.90. The lowest BCUT2D eigenvalue weighted by molar-refractivity contribution is -0.0561. The van der Waals surface area contributed by atoms with Crippen molar-refractivity contribution in [3.63, 3.8) is 0 Å². The molecule has 1 aromatic rings. The van der Waals surface area contributed by atoms with E-state index in [0.29, 0.717) is 31.8 Å². The third-order valence-corrected chi connectivity index (χ3v) is 5.01. The van der Waals surface area contributed by atoms with Gasteiger partial charge in [0.05, 0.1) is 12.2 Å². The molecule has 2 aliphatic rings. The van der Waals surface area contributed by atoms with Gasteiger partial charge in [-0.1, -0.05) is 30.3 Å². The molecule has 0 aromatic heterocycles. The van der Waals surface area contributed by atoms with Crippen molar-refractivity contribution in [3.8, 4) is 0 Å². The van der Waals surface area contributed by atoms with Gasteiger partial charge in [-0.3, -0.25) is 0 Å². The lowest BCUT2D eigenvalue weighted by Gasteiger charge is -2.35. The standard InChI is InChI=1S/C19H28N2O3/c20-16-6-8-17(9-7-16)24-18-10-12-21(13-11-18)19(22)23-14-15-4-2-1-3-5-15/h1-5,16-18H,6-14,20H2. The summed E-state index contributed by atoms with van der Waals surface area (Å²) in [5, 5.41) is 0. The Kier molecular flexibility index (Phi) is 6.10. The fourth-order valence-corrected chi connectivity index (χ4v) is 3.48. The number of nitrogens with zero attached hydrogens (tertiary/aromatic N) is 1. The fraction of sp³-hybridized carbons (Fsp3) is 0.632. The Morgan fingerprint density at radius 3 is 2.29 bits per heavy atom. The monoisotopic (exact) mass is 332 g/mol. The summed E-state index contributed by atoms with van der Waals surface area (Å²) in [4.78, 5) is 13.9. The zero-order valence-electron chi connectivity index (χ0n) is 14.2. The number of piperidine rings is 1. The number of hydrogen-bond donors (Lipinski definition) is 1. The molecule has 24 heavy (non-hydrogen) atoms. The largest absolute Gasteiger partial charge is 0.445 e. The number of carbonyl (C=O) groups is 1. The normalized spacial score (nSPS) is 25.5. The summed E-state index contributed by atoms with van der Waals surface area (Å²) in [7, 11) is 0. The summed E-state index contributed by atoms with van der Waals surface area (Å²) < 4.78 is 11.6. The second-order valence-corrected chi connectivity index (χ2v) is 6.90. The molecule has 2 N–H and O–H groups in total. The van der Waals surface area contributed by atoms with Crippen molar-refractivity contribution < 1.29 is 14.3 Å². The van der Waals surface area contributed by atoms with Crippen LogP contribution in [0.2, 0.25) is 0 Å². The molecule has 1 aromatic carbocycles. The summed E-state index contributed by atoms with van der Waals surface area (Å²) in [6, 6.07) is 10.1. The average molecular weight is 332 g/mol. The Labute approximate surface area is 144 Å². The molecule has 0 unspecified atom stereocenters. The maximum Gasteiger partial charge on any atom is 0.410 e. The van der Waals surface area contributed by atoms with Crippen LogP contribution in [-0.2, 0) is 16.1 Å². The quantitative estimate of drug-likeness (QED) is 0.920. The number of rotatable bonds is 4. The maximum atomic E-state index is 12.2. The Balaban J connectivity index is 1.36. The highest BCUT2D eigenvalue weighted by Crippen LogP contribution is 2.24. The molecular weight excluding hydrogens is 304 g/mol. The summed E-state index contributed by atoms with van der Waals surface area (Å²) >= 11 is 0. The van der Waals surface area contributed by atoms with Crippen LogP contribution < -0.4 is 5.73 Å². The lowest BCUT2D eigenvalue weighted by atomic mass is 9.93. The van der Waals surface area contributed by atoms with Gasteiger partial charge in [0.2, 0.25) is 0 Å². The van der Waals surface area contributed by atoms with Crippen LogP contribution in [-0.4, -0.2) is 42.3 Å². The van der Waals surface area contributed by atoms with Crippen molar-refractivity contribution in [2.45, 2.75) is 63.4 Å². The predicted molar refractivity (Wildman–Crippen MR) is 92.5 cm³/mol. The van der Waals surface area contributed by atoms with E-state index in [-0.39, 0.29) is 12.2 Å². The molecule has 0 atom stereocenters. The third kappa shape index (κ3) is 4.95. The Morgan fingerprint density at radius 2 is 1.62 bits per heavy atom. The molecule has 1 aliphatic carbocycles. The van der Waals surface area contributed by atoms with E-state index in [1.807, 2.05) is 30.3 Å². The molecule has 1 saturated carbocycles. The van der Waals surface area contributed by atoms with Crippen LogP contribution >= 0.6 is 0 Å². The van der Waals surface area contributed by atoms with E-state index in [1.165, 1.54) is 0 Å². The number of amides is 1. The topological polar surface area (TPSA) is 64.8 Å². The van der Waals surface area contributed by atoms with E-state index in [9.17, 15) is 4.79 Å². The van der Waals surface area contributed by atoms with Crippen molar-refractivity contribution in [1.82, 2.24) is 4.90 Å². The van der Waals surface area contributed by atoms with Crippen molar-refractivity contribution in [2.24, 2.45) is 5.73 Å². The molecule has 1 heterocycles. The maximum absolute atomic E-state index is 12.2. The minimum Gasteiger partial charge on any atom is -0.445 e. The van der Waals surface area contributed by atoms with Gasteiger partial charge >= 0.3 is 6.09 Å². The van der Waals surface area contributed by atoms with Gasteiger partial charge in [0.25, 0.3) is 0 Å². The molecular formula is C19H28N2O3. The molecule has 5 nitrogen and oxygen atoms in total. The van der Waals surface area contributed by atoms with Crippen molar-refractivity contribution in [3.05, 3.63) is 35.9 Å². The molecule has 1 amide bonds. The minimum absolute atomic E-state index is 0.221. The average Bonchev–Trinajstić information content (AvgIpc) is 2.63. The van der Waals surface area contributed by atoms with Gasteiger partial charge in [0.15, 0.2) is 0 Å². The van der Waals surface area contributed by atoms with Crippen LogP contribution in [0.1, 0.15) is 44.1 Å². The zero-order valence-corrected chi connectivity index (χ0v) is 14.2. The lowest BCUT2D eigenvalue weighted by Crippen LogP contribution is -2.42. The molecule has 2 fully saturated rings. The first-order chi connectivity index (χ1) is 11.7. The molecule has 0 spiro atoms. The molecule has 1 aliphatic heterocycles. The van der Waals surface area contributed by atoms with E-state index in [1.54, 1.807) is 4.90 Å². The van der Waals surface area contributed by atoms with Crippen LogP contribution in [0.4, 0.5) is 4.79 Å². The number of likely N-dealkylation sites (tertiary alicyclic amines) is 1. The first kappa shape index (κ1) is 17.2. The molecule has 3 rings (SSSR count). The highest BCUT2D eigenvalue weighted by atomic mass is 16.6. The van der Waals surface area contributed by atoms with E-state index in [4.69, 9.17) is 15.2 Å². The van der Waals surface area contributed by atoms with Crippen molar-refractivity contribution in [1.29, 1.82) is 0 Å². The zero-order chi connectivity index (χ0) is 16.8. The third-order valence-electron chi connectivity index (χ3n) is 5.01. The number of carbonyl (C=O) groups excluding carboxylic acids is 1. The van der Waals surface area contributed by atoms with Gasteiger partial charge in [0, 0.05) is 19.1 Å². The predicted octanol–water partition coefficient (Wildman–Crippen LogP) is 3.07. The van der Waals surface area contributed by atoms with Gasteiger partial charge in [-0.2, -0.15) is 0 Å². The van der Waals surface area contributed by atoms with Crippen LogP contribution in [0.15, 0.2) is 30.3 Å². The Bertz CT molecular complexity index is 507. The highest BCUT2D eigenvalue weighted by Gasteiger charge is 2.27. The van der Waals surface area contributed by atoms with Gasteiger partial charge in [0.1, 0.15) is 6.61 Å². The number of hydrogen-bond acceptors (Lipinski definition) is 4. The number of nitrogens with two attached hydrogens (primary N) is 1. The first-order valence-corrected chi connectivity index (χ1v) is 9.07. The summed E-state index contributed by atoms with van der Waals surface area (Å²) in [6.07, 6.45) is 6.45. The van der Waals surface area contributed by atoms with Crippen LogP contribution in [0.25, 0.3) is 0 Å². The fourth-order valence-electron chi connectivity index (χ4n) is 3.48. The van der Waals surface area contributed by atoms with Gasteiger partial charge in [-0.25, -0.2) is 4.79 Å². The Hall–Kier alpha value is -1.59. The van der Waals surface area contributed by atoms with E-state index in [2.05, 4.69) is 0 Å². The van der Waals surface area contributed by atoms with E-state index in [0.717, 1.165) is 44.1 Å². The minimum atomic E-state index is -0.221. The molecule has 0 bridgehead atoms. The van der Waals surface area contributed by atoms with Crippen LogP contribution in [0, 0.1) is 0 Å². The van der Waals surface area contributed by atoms with E-state index >= 15 is 0 Å². The molecule has 0 radical (unpaired) electrons. The SMILES string of the molecule is NC1CCC(OC2CCN(C(=O)OCc3ccccc3)CC2)CC1. The summed E-state index contributed by atoms with van der Waals surface area (Å²) in [5.74, 6) is 0. The number of ether oxygens (including phenoxy) is 2.